The molecule has 0 fully saturated rings. The lowest BCUT2D eigenvalue weighted by Crippen LogP contribution is -2.13. The third-order valence-electron chi connectivity index (χ3n) is 5.83. The number of hydrogen-bond donors (Lipinski definition) is 1. The number of hydrogen-bond acceptors (Lipinski definition) is 6. The van der Waals surface area contributed by atoms with Crippen molar-refractivity contribution in [3.8, 4) is 22.8 Å². The van der Waals surface area contributed by atoms with E-state index >= 15 is 4.39 Å². The molecule has 0 radical (unpaired) electrons. The number of aromatic nitrogens is 1. The van der Waals surface area contributed by atoms with E-state index in [1.807, 2.05) is 6.92 Å². The van der Waals surface area contributed by atoms with Crippen LogP contribution >= 0.6 is 0 Å². The van der Waals surface area contributed by atoms with Gasteiger partial charge >= 0.3 is 5.97 Å². The molecule has 0 spiro atoms. The van der Waals surface area contributed by atoms with Crippen molar-refractivity contribution in [2.75, 3.05) is 6.61 Å². The summed E-state index contributed by atoms with van der Waals surface area (Å²) in [5.74, 6) is -1.48. The fourth-order valence-electron chi connectivity index (χ4n) is 3.92. The maximum Gasteiger partial charge on any atom is 0.340 e. The molecule has 176 valence electrons. The van der Waals surface area contributed by atoms with E-state index in [0.29, 0.717) is 35.4 Å². The Balaban J connectivity index is 1.64. The van der Waals surface area contributed by atoms with Gasteiger partial charge in [-0.25, -0.2) is 18.6 Å². The average Bonchev–Trinajstić information content (AvgIpc) is 3.24. The molecule has 0 bridgehead atoms. The topological polar surface area (TPSA) is 81.0 Å². The fourth-order valence-corrected chi connectivity index (χ4v) is 3.92. The monoisotopic (exact) mass is 466 g/mol. The quantitative estimate of drug-likeness (QED) is 0.485. The molecule has 3 aromatic rings. The van der Waals surface area contributed by atoms with Crippen molar-refractivity contribution >= 4 is 11.7 Å². The van der Waals surface area contributed by atoms with Crippen molar-refractivity contribution in [3.05, 3.63) is 76.0 Å². The fraction of sp³-hybridized carbons (Fsp3) is 0.269. The zero-order valence-corrected chi connectivity index (χ0v) is 19.1. The highest BCUT2D eigenvalue weighted by Gasteiger charge is 2.21. The Kier molecular flexibility index (Phi) is 6.58. The predicted molar refractivity (Wildman–Crippen MR) is 123 cm³/mol. The molecule has 4 rings (SSSR count). The van der Waals surface area contributed by atoms with Gasteiger partial charge < -0.3 is 14.7 Å². The summed E-state index contributed by atoms with van der Waals surface area (Å²) in [4.78, 5) is 20.2. The van der Waals surface area contributed by atoms with Crippen molar-refractivity contribution in [3.63, 3.8) is 0 Å². The second-order valence-electron chi connectivity index (χ2n) is 8.17. The Morgan fingerprint density at radius 1 is 1.15 bits per heavy atom. The van der Waals surface area contributed by atoms with Crippen LogP contribution in [-0.2, 0) is 22.5 Å². The van der Waals surface area contributed by atoms with Gasteiger partial charge in [0.2, 0.25) is 0 Å². The molecule has 2 heterocycles. The molecule has 34 heavy (non-hydrogen) atoms. The van der Waals surface area contributed by atoms with Gasteiger partial charge in [-0.15, -0.1) is 0 Å². The molecule has 0 atom stereocenters. The van der Waals surface area contributed by atoms with Gasteiger partial charge in [-0.2, -0.15) is 0 Å². The molecular weight excluding hydrogens is 442 g/mol. The van der Waals surface area contributed by atoms with Gasteiger partial charge in [-0.1, -0.05) is 24.2 Å². The number of pyridine rings is 1. The van der Waals surface area contributed by atoms with Gasteiger partial charge in [0.15, 0.2) is 11.6 Å². The second kappa shape index (κ2) is 9.59. The van der Waals surface area contributed by atoms with E-state index in [1.54, 1.807) is 44.2 Å². The molecule has 0 unspecified atom stereocenters. The summed E-state index contributed by atoms with van der Waals surface area (Å²) < 4.78 is 35.4. The van der Waals surface area contributed by atoms with Gasteiger partial charge in [0.05, 0.1) is 6.42 Å². The van der Waals surface area contributed by atoms with Crippen LogP contribution in [0.2, 0.25) is 0 Å². The van der Waals surface area contributed by atoms with Crippen molar-refractivity contribution in [1.29, 1.82) is 0 Å². The molecule has 1 N–H and O–H groups in total. The summed E-state index contributed by atoms with van der Waals surface area (Å²) in [5, 5.41) is 13.9. The lowest BCUT2D eigenvalue weighted by Gasteiger charge is -2.17. The number of rotatable bonds is 7. The zero-order valence-electron chi connectivity index (χ0n) is 19.1. The molecule has 2 aromatic carbocycles. The normalized spacial score (nSPS) is 13.1. The summed E-state index contributed by atoms with van der Waals surface area (Å²) in [6.07, 6.45) is 0.935. The van der Waals surface area contributed by atoms with Crippen LogP contribution in [0.1, 0.15) is 41.3 Å². The maximum atomic E-state index is 15.2. The number of ether oxygens (including phenoxy) is 1. The summed E-state index contributed by atoms with van der Waals surface area (Å²) in [7, 11) is 0. The number of carbonyl (C=O) groups excluding carboxylic acids is 1. The molecule has 6 nitrogen and oxygen atoms in total. The molecule has 1 aliphatic heterocycles. The van der Waals surface area contributed by atoms with E-state index < -0.39 is 17.6 Å². The van der Waals surface area contributed by atoms with E-state index in [0.717, 1.165) is 11.1 Å². The van der Waals surface area contributed by atoms with Crippen LogP contribution in [-0.4, -0.2) is 28.4 Å². The highest BCUT2D eigenvalue weighted by atomic mass is 19.1. The van der Waals surface area contributed by atoms with Crippen LogP contribution in [0.25, 0.3) is 11.3 Å². The van der Waals surface area contributed by atoms with E-state index in [4.69, 9.17) is 4.74 Å². The highest BCUT2D eigenvalue weighted by Crippen LogP contribution is 2.33. The third kappa shape index (κ3) is 4.62. The highest BCUT2D eigenvalue weighted by molar-refractivity contribution is 6.02. The van der Waals surface area contributed by atoms with Crippen molar-refractivity contribution < 1.29 is 28.3 Å². The molecular formula is C26H24F2N2O4. The SMILES string of the molecule is CCc1cc(OCC2=NOC(=O)C2)c(F)c(C)c1Cc1ccc(O)c(-c2cccc(C)c2F)n1. The number of benzene rings is 2. The summed E-state index contributed by atoms with van der Waals surface area (Å²) in [6, 6.07) is 9.66. The Bertz CT molecular complexity index is 1300. The molecule has 8 heteroatoms. The Morgan fingerprint density at radius 2 is 1.94 bits per heavy atom. The summed E-state index contributed by atoms with van der Waals surface area (Å²) in [5.41, 5.74) is 3.79. The van der Waals surface area contributed by atoms with Crippen LogP contribution in [0.15, 0.2) is 41.6 Å². The number of aromatic hydroxyl groups is 1. The second-order valence-corrected chi connectivity index (χ2v) is 8.17. The van der Waals surface area contributed by atoms with E-state index in [1.165, 1.54) is 6.07 Å². The number of oxime groups is 1. The van der Waals surface area contributed by atoms with E-state index in [2.05, 4.69) is 15.0 Å². The minimum atomic E-state index is -0.512. The first-order valence-corrected chi connectivity index (χ1v) is 10.9. The molecule has 1 aliphatic rings. The first kappa shape index (κ1) is 23.4. The van der Waals surface area contributed by atoms with Crippen LogP contribution in [0, 0.1) is 25.5 Å². The molecule has 0 amide bonds. The summed E-state index contributed by atoms with van der Waals surface area (Å²) in [6.45, 7) is 5.21. The minimum Gasteiger partial charge on any atom is -0.506 e. The van der Waals surface area contributed by atoms with Gasteiger partial charge in [0, 0.05) is 17.7 Å². The third-order valence-corrected chi connectivity index (χ3v) is 5.83. The van der Waals surface area contributed by atoms with Gasteiger partial charge in [0.1, 0.15) is 29.6 Å². The molecule has 0 aliphatic carbocycles. The van der Waals surface area contributed by atoms with Gasteiger partial charge in [-0.3, -0.25) is 0 Å². The van der Waals surface area contributed by atoms with E-state index in [9.17, 15) is 14.3 Å². The Labute approximate surface area is 195 Å². The average molecular weight is 466 g/mol. The first-order valence-electron chi connectivity index (χ1n) is 10.9. The largest absolute Gasteiger partial charge is 0.506 e. The smallest absolute Gasteiger partial charge is 0.340 e. The van der Waals surface area contributed by atoms with Crippen LogP contribution in [0.3, 0.4) is 0 Å². The van der Waals surface area contributed by atoms with Gasteiger partial charge in [-0.05, 0) is 66.8 Å². The minimum absolute atomic E-state index is 0.0235. The molecule has 0 saturated carbocycles. The van der Waals surface area contributed by atoms with Gasteiger partial charge in [0.25, 0.3) is 0 Å². The maximum absolute atomic E-state index is 15.2. The standard InChI is InChI=1S/C26H24F2N2O4/c1-4-16-10-22(33-13-18-12-23(32)34-30-18)25(28)15(3)20(16)11-17-8-9-21(31)26(29-17)19-7-5-6-14(2)24(19)27/h5-10,31H,4,11-13H2,1-3H3. The zero-order chi connectivity index (χ0) is 24.4. The predicted octanol–water partition coefficient (Wildman–Crippen LogP) is 5.18. The lowest BCUT2D eigenvalue weighted by atomic mass is 9.94. The first-order chi connectivity index (χ1) is 16.3. The van der Waals surface area contributed by atoms with Crippen molar-refractivity contribution in [2.24, 2.45) is 5.16 Å². The molecule has 1 aromatic heterocycles. The van der Waals surface area contributed by atoms with Crippen LogP contribution in [0.5, 0.6) is 11.5 Å². The number of halogens is 2. The van der Waals surface area contributed by atoms with E-state index in [-0.39, 0.29) is 35.8 Å². The van der Waals surface area contributed by atoms with Crippen molar-refractivity contribution in [1.82, 2.24) is 4.98 Å². The van der Waals surface area contributed by atoms with Crippen LogP contribution in [0.4, 0.5) is 8.78 Å². The number of carbonyl (C=O) groups is 1. The number of aryl methyl sites for hydroxylation is 2. The summed E-state index contributed by atoms with van der Waals surface area (Å²) >= 11 is 0. The molecule has 0 saturated heterocycles. The number of nitrogens with zero attached hydrogens (tertiary/aromatic N) is 2. The Morgan fingerprint density at radius 3 is 2.65 bits per heavy atom. The van der Waals surface area contributed by atoms with Crippen molar-refractivity contribution in [2.45, 2.75) is 40.0 Å². The lowest BCUT2D eigenvalue weighted by molar-refractivity contribution is -0.140. The Hall–Kier alpha value is -3.81. The van der Waals surface area contributed by atoms with Crippen LogP contribution < -0.4 is 4.74 Å².